The predicted octanol–water partition coefficient (Wildman–Crippen LogP) is 1.71. The van der Waals surface area contributed by atoms with E-state index < -0.39 is 0 Å². The SMILES string of the molecule is CN1CCC(c2ccccc2)C(CO)C1. The van der Waals surface area contributed by atoms with Gasteiger partial charge in [0.15, 0.2) is 0 Å². The molecule has 0 aliphatic carbocycles. The van der Waals surface area contributed by atoms with E-state index in [9.17, 15) is 5.11 Å². The summed E-state index contributed by atoms with van der Waals surface area (Å²) in [6.07, 6.45) is 1.16. The molecule has 15 heavy (non-hydrogen) atoms. The van der Waals surface area contributed by atoms with E-state index in [-0.39, 0.29) is 0 Å². The maximum absolute atomic E-state index is 9.41. The van der Waals surface area contributed by atoms with E-state index in [1.807, 2.05) is 6.07 Å². The zero-order valence-electron chi connectivity index (χ0n) is 9.26. The lowest BCUT2D eigenvalue weighted by molar-refractivity contribution is 0.118. The molecule has 2 atom stereocenters. The Labute approximate surface area is 91.5 Å². The normalized spacial score (nSPS) is 27.9. The molecule has 1 aromatic rings. The summed E-state index contributed by atoms with van der Waals surface area (Å²) in [5.74, 6) is 0.929. The van der Waals surface area contributed by atoms with Crippen LogP contribution in [0.25, 0.3) is 0 Å². The average Bonchev–Trinajstić information content (AvgIpc) is 2.30. The zero-order chi connectivity index (χ0) is 10.7. The maximum atomic E-state index is 9.41. The summed E-state index contributed by atoms with van der Waals surface area (Å²) in [6, 6.07) is 10.6. The van der Waals surface area contributed by atoms with Gasteiger partial charge in [-0.15, -0.1) is 0 Å². The van der Waals surface area contributed by atoms with E-state index in [1.165, 1.54) is 5.56 Å². The highest BCUT2D eigenvalue weighted by Gasteiger charge is 2.27. The van der Waals surface area contributed by atoms with E-state index in [4.69, 9.17) is 0 Å². The second kappa shape index (κ2) is 4.77. The third-order valence-corrected chi connectivity index (χ3v) is 3.40. The molecular weight excluding hydrogens is 186 g/mol. The standard InChI is InChI=1S/C13H19NO/c1-14-8-7-13(12(9-14)10-15)11-5-3-2-4-6-11/h2-6,12-13,15H,7-10H2,1H3. The first-order valence-corrected chi connectivity index (χ1v) is 5.65. The minimum Gasteiger partial charge on any atom is -0.396 e. The molecule has 0 saturated carbocycles. The highest BCUT2D eigenvalue weighted by Crippen LogP contribution is 2.31. The summed E-state index contributed by atoms with van der Waals surface area (Å²) < 4.78 is 0. The van der Waals surface area contributed by atoms with Gasteiger partial charge in [0, 0.05) is 19.1 Å². The first-order chi connectivity index (χ1) is 7.31. The van der Waals surface area contributed by atoms with Gasteiger partial charge in [-0.1, -0.05) is 30.3 Å². The lowest BCUT2D eigenvalue weighted by atomic mass is 9.81. The number of hydrogen-bond donors (Lipinski definition) is 1. The smallest absolute Gasteiger partial charge is 0.0477 e. The molecule has 0 bridgehead atoms. The van der Waals surface area contributed by atoms with Crippen molar-refractivity contribution in [3.8, 4) is 0 Å². The molecular formula is C13H19NO. The minimum atomic E-state index is 0.296. The van der Waals surface area contributed by atoms with E-state index in [1.54, 1.807) is 0 Å². The van der Waals surface area contributed by atoms with Crippen molar-refractivity contribution in [1.29, 1.82) is 0 Å². The summed E-state index contributed by atoms with van der Waals surface area (Å²) in [5.41, 5.74) is 1.38. The van der Waals surface area contributed by atoms with Crippen molar-refractivity contribution in [2.24, 2.45) is 5.92 Å². The lowest BCUT2D eigenvalue weighted by Gasteiger charge is -2.36. The van der Waals surface area contributed by atoms with Crippen LogP contribution in [-0.4, -0.2) is 36.8 Å². The zero-order valence-corrected chi connectivity index (χ0v) is 9.26. The Kier molecular flexibility index (Phi) is 3.39. The van der Waals surface area contributed by atoms with Gasteiger partial charge in [-0.3, -0.25) is 0 Å². The Bertz CT molecular complexity index is 299. The van der Waals surface area contributed by atoms with Crippen molar-refractivity contribution in [2.75, 3.05) is 26.7 Å². The number of aliphatic hydroxyl groups is 1. The summed E-state index contributed by atoms with van der Waals surface area (Å²) in [6.45, 7) is 2.44. The Hall–Kier alpha value is -0.860. The molecule has 0 aromatic heterocycles. The number of nitrogens with zero attached hydrogens (tertiary/aromatic N) is 1. The molecule has 1 aliphatic heterocycles. The fraction of sp³-hybridized carbons (Fsp3) is 0.538. The fourth-order valence-electron chi connectivity index (χ4n) is 2.54. The quantitative estimate of drug-likeness (QED) is 0.794. The predicted molar refractivity (Wildman–Crippen MR) is 61.9 cm³/mol. The van der Waals surface area contributed by atoms with E-state index in [0.717, 1.165) is 19.5 Å². The first kappa shape index (κ1) is 10.7. The van der Waals surface area contributed by atoms with Gasteiger partial charge in [0.1, 0.15) is 0 Å². The van der Waals surface area contributed by atoms with Crippen LogP contribution >= 0.6 is 0 Å². The topological polar surface area (TPSA) is 23.5 Å². The highest BCUT2D eigenvalue weighted by atomic mass is 16.3. The van der Waals surface area contributed by atoms with Crippen molar-refractivity contribution in [2.45, 2.75) is 12.3 Å². The largest absolute Gasteiger partial charge is 0.396 e. The van der Waals surface area contributed by atoms with E-state index >= 15 is 0 Å². The molecule has 1 aliphatic rings. The molecule has 0 spiro atoms. The van der Waals surface area contributed by atoms with E-state index in [2.05, 4.69) is 36.2 Å². The summed E-state index contributed by atoms with van der Waals surface area (Å²) in [5, 5.41) is 9.41. The van der Waals surface area contributed by atoms with Crippen LogP contribution in [0.5, 0.6) is 0 Å². The van der Waals surface area contributed by atoms with Crippen LogP contribution in [-0.2, 0) is 0 Å². The van der Waals surface area contributed by atoms with Crippen molar-refractivity contribution in [3.05, 3.63) is 35.9 Å². The van der Waals surface area contributed by atoms with Gasteiger partial charge in [0.05, 0.1) is 0 Å². The van der Waals surface area contributed by atoms with Gasteiger partial charge in [-0.25, -0.2) is 0 Å². The maximum Gasteiger partial charge on any atom is 0.0477 e. The third kappa shape index (κ3) is 2.39. The lowest BCUT2D eigenvalue weighted by Crippen LogP contribution is -2.38. The summed E-state index contributed by atoms with van der Waals surface area (Å²) >= 11 is 0. The summed E-state index contributed by atoms with van der Waals surface area (Å²) in [4.78, 5) is 2.31. The Morgan fingerprint density at radius 1 is 1.33 bits per heavy atom. The first-order valence-electron chi connectivity index (χ1n) is 5.65. The number of likely N-dealkylation sites (tertiary alicyclic amines) is 1. The van der Waals surface area contributed by atoms with Crippen LogP contribution in [0.2, 0.25) is 0 Å². The van der Waals surface area contributed by atoms with Gasteiger partial charge in [0.2, 0.25) is 0 Å². The molecule has 82 valence electrons. The van der Waals surface area contributed by atoms with Gasteiger partial charge in [-0.05, 0) is 31.5 Å². The van der Waals surface area contributed by atoms with E-state index in [0.29, 0.717) is 18.4 Å². The number of piperidine rings is 1. The number of rotatable bonds is 2. The Morgan fingerprint density at radius 2 is 2.07 bits per heavy atom. The van der Waals surface area contributed by atoms with Crippen molar-refractivity contribution in [3.63, 3.8) is 0 Å². The highest BCUT2D eigenvalue weighted by molar-refractivity contribution is 5.21. The van der Waals surface area contributed by atoms with Gasteiger partial charge >= 0.3 is 0 Å². The van der Waals surface area contributed by atoms with Crippen molar-refractivity contribution < 1.29 is 5.11 Å². The summed E-state index contributed by atoms with van der Waals surface area (Å²) in [7, 11) is 2.13. The average molecular weight is 205 g/mol. The third-order valence-electron chi connectivity index (χ3n) is 3.40. The van der Waals surface area contributed by atoms with Crippen LogP contribution in [0.15, 0.2) is 30.3 Å². The van der Waals surface area contributed by atoms with Crippen LogP contribution < -0.4 is 0 Å². The number of benzene rings is 1. The molecule has 0 amide bonds. The Morgan fingerprint density at radius 3 is 2.73 bits per heavy atom. The van der Waals surface area contributed by atoms with Crippen LogP contribution in [0.3, 0.4) is 0 Å². The van der Waals surface area contributed by atoms with Crippen molar-refractivity contribution in [1.82, 2.24) is 4.90 Å². The Balaban J connectivity index is 2.14. The molecule has 0 radical (unpaired) electrons. The van der Waals surface area contributed by atoms with Gasteiger partial charge in [0.25, 0.3) is 0 Å². The number of hydrogen-bond acceptors (Lipinski definition) is 2. The fourth-order valence-corrected chi connectivity index (χ4v) is 2.54. The van der Waals surface area contributed by atoms with Crippen molar-refractivity contribution >= 4 is 0 Å². The molecule has 2 unspecified atom stereocenters. The molecule has 1 heterocycles. The second-order valence-corrected chi connectivity index (χ2v) is 4.51. The molecule has 2 nitrogen and oxygen atoms in total. The molecule has 1 aromatic carbocycles. The molecule has 2 heteroatoms. The number of aliphatic hydroxyl groups excluding tert-OH is 1. The monoisotopic (exact) mass is 205 g/mol. The molecule has 1 saturated heterocycles. The van der Waals surface area contributed by atoms with Gasteiger partial charge < -0.3 is 10.0 Å². The minimum absolute atomic E-state index is 0.296. The molecule has 1 fully saturated rings. The molecule has 2 rings (SSSR count). The van der Waals surface area contributed by atoms with Crippen LogP contribution in [0.4, 0.5) is 0 Å². The molecule has 1 N–H and O–H groups in total. The van der Waals surface area contributed by atoms with Crippen LogP contribution in [0, 0.1) is 5.92 Å². The second-order valence-electron chi connectivity index (χ2n) is 4.51. The van der Waals surface area contributed by atoms with Crippen LogP contribution in [0.1, 0.15) is 17.9 Å². The van der Waals surface area contributed by atoms with Gasteiger partial charge in [-0.2, -0.15) is 0 Å².